The van der Waals surface area contributed by atoms with Crippen molar-refractivity contribution in [1.82, 2.24) is 39.3 Å². The molecular weight excluding hydrogens is 800 g/mol. The molecule has 0 bridgehead atoms. The van der Waals surface area contributed by atoms with Crippen molar-refractivity contribution in [2.24, 2.45) is 0 Å². The summed E-state index contributed by atoms with van der Waals surface area (Å²) < 4.78 is 112. The molecule has 2 aromatic carbocycles. The van der Waals surface area contributed by atoms with Crippen LogP contribution in [-0.4, -0.2) is 73.4 Å². The highest BCUT2D eigenvalue weighted by atomic mass is 35.5. The molecule has 21 heteroatoms. The summed E-state index contributed by atoms with van der Waals surface area (Å²) in [6.07, 6.45) is -4.04. The third-order valence-electron chi connectivity index (χ3n) is 9.37. The molecule has 0 aliphatic carbocycles. The fraction of sp³-hybridized carbons (Fsp3) is 0.286. The summed E-state index contributed by atoms with van der Waals surface area (Å²) >= 11 is 11.5. The first kappa shape index (κ1) is 39.3. The fourth-order valence-electron chi connectivity index (χ4n) is 6.60. The first-order valence-corrected chi connectivity index (χ1v) is 17.3. The number of benzene rings is 2. The number of halogens is 9. The number of nitrogens with zero attached hydrogens (tertiary/aromatic N) is 8. The number of aliphatic hydroxyl groups excluding tert-OH is 2. The molecule has 5 heterocycles. The van der Waals surface area contributed by atoms with E-state index in [1.807, 2.05) is 0 Å². The molecule has 294 valence electrons. The van der Waals surface area contributed by atoms with E-state index in [0.29, 0.717) is 10.2 Å². The van der Waals surface area contributed by atoms with Crippen LogP contribution in [0.2, 0.25) is 10.0 Å². The van der Waals surface area contributed by atoms with Gasteiger partial charge >= 0.3 is 6.18 Å². The van der Waals surface area contributed by atoms with Gasteiger partial charge in [-0.05, 0) is 49.2 Å². The summed E-state index contributed by atoms with van der Waals surface area (Å²) in [4.78, 5) is 8.06. The largest absolute Gasteiger partial charge is 0.435 e. The van der Waals surface area contributed by atoms with Gasteiger partial charge in [-0.1, -0.05) is 30.1 Å². The first-order chi connectivity index (χ1) is 26.4. The Bertz CT molecular complexity index is 2480. The lowest BCUT2D eigenvalue weighted by atomic mass is 9.86. The maximum absolute atomic E-state index is 15.3. The van der Waals surface area contributed by atoms with Gasteiger partial charge in [0, 0.05) is 47.3 Å². The fourth-order valence-corrected chi connectivity index (χ4v) is 6.89. The maximum Gasteiger partial charge on any atom is 0.435 e. The summed E-state index contributed by atoms with van der Waals surface area (Å²) in [5, 5.41) is 46.4. The lowest BCUT2D eigenvalue weighted by Gasteiger charge is -2.51. The minimum absolute atomic E-state index is 0.157. The Kier molecular flexibility index (Phi) is 9.99. The molecule has 1 aliphatic rings. The van der Waals surface area contributed by atoms with Gasteiger partial charge in [-0.3, -0.25) is 0 Å². The van der Waals surface area contributed by atoms with E-state index in [9.17, 15) is 37.3 Å². The monoisotopic (exact) mass is 826 g/mol. The molecule has 1 aliphatic heterocycles. The molecule has 1 unspecified atom stereocenters. The quantitative estimate of drug-likeness (QED) is 0.118. The molecule has 0 radical (unpaired) electrons. The van der Waals surface area contributed by atoms with Crippen molar-refractivity contribution in [1.29, 1.82) is 0 Å². The number of rotatable bonds is 8. The van der Waals surface area contributed by atoms with Crippen LogP contribution in [0.15, 0.2) is 61.3 Å². The first-order valence-electron chi connectivity index (χ1n) is 16.5. The molecule has 6 aromatic rings. The van der Waals surface area contributed by atoms with Crippen LogP contribution in [-0.2, 0) is 28.8 Å². The van der Waals surface area contributed by atoms with Gasteiger partial charge in [0.05, 0.1) is 40.8 Å². The number of aromatic nitrogens is 8. The number of ether oxygens (including phenoxy) is 1. The molecule has 4 aromatic heterocycles. The highest BCUT2D eigenvalue weighted by molar-refractivity contribution is 6.31. The average molecular weight is 828 g/mol. The van der Waals surface area contributed by atoms with Gasteiger partial charge in [-0.2, -0.15) is 28.5 Å². The van der Waals surface area contributed by atoms with Gasteiger partial charge < -0.3 is 20.1 Å². The molecular formula is C35H27Cl2F7N8O4. The normalized spacial score (nSPS) is 21.5. The standard InChI is InChI=1S/C35H27Cl2F7N8O4/c1-3-17-8-24(31(45-10-17)35(42,43)44)52-32(48-16(2)49-52)34(51-14-19(12-47-51)21-5-7-23(37)30(41)28(21)39)33(55,9-25(54)26(15-53)56-34)50-13-18(11-46-50)20-4-6-22(36)29(40)27(20)38/h4-8,10-14,25-26,53-55H,3,9,15H2,1-2H3/t25-,26-,33-,34?/m0/s1. The zero-order chi connectivity index (χ0) is 40.5. The SMILES string of the molecule is CCc1cnc(C(F)(F)F)c(-n2nc(C)nc2C2(n3cc(-c4ccc(Cl)c(F)c4F)cn3)O[C@@H](CO)[C@@H](O)C[C@@]2(O)n2cc(-c3ccc(Cl)c(F)c3F)cn2)c1. The van der Waals surface area contributed by atoms with Crippen LogP contribution in [0.3, 0.4) is 0 Å². The second kappa shape index (κ2) is 14.2. The summed E-state index contributed by atoms with van der Waals surface area (Å²) in [5.41, 5.74) is -8.69. The van der Waals surface area contributed by atoms with E-state index in [0.717, 1.165) is 70.7 Å². The molecule has 7 rings (SSSR count). The highest BCUT2D eigenvalue weighted by Crippen LogP contribution is 2.50. The van der Waals surface area contributed by atoms with Crippen LogP contribution < -0.4 is 0 Å². The van der Waals surface area contributed by atoms with Crippen molar-refractivity contribution < 1.29 is 50.8 Å². The molecule has 1 saturated heterocycles. The van der Waals surface area contributed by atoms with Crippen molar-refractivity contribution >= 4 is 23.2 Å². The van der Waals surface area contributed by atoms with Gasteiger partial charge in [-0.15, -0.1) is 0 Å². The number of alkyl halides is 3. The smallest absolute Gasteiger partial charge is 0.394 e. The zero-order valence-electron chi connectivity index (χ0n) is 28.8. The van der Waals surface area contributed by atoms with Crippen molar-refractivity contribution in [3.8, 4) is 27.9 Å². The Morgan fingerprint density at radius 2 is 1.46 bits per heavy atom. The minimum atomic E-state index is -5.08. The Morgan fingerprint density at radius 3 is 2.02 bits per heavy atom. The van der Waals surface area contributed by atoms with Crippen molar-refractivity contribution in [3.05, 3.63) is 118 Å². The Labute approximate surface area is 321 Å². The third-order valence-corrected chi connectivity index (χ3v) is 9.96. The van der Waals surface area contributed by atoms with Crippen molar-refractivity contribution in [2.45, 2.75) is 56.5 Å². The van der Waals surface area contributed by atoms with Gasteiger partial charge in [-0.25, -0.2) is 41.6 Å². The van der Waals surface area contributed by atoms with E-state index in [2.05, 4.69) is 25.3 Å². The summed E-state index contributed by atoms with van der Waals surface area (Å²) in [6.45, 7) is 2.02. The number of aryl methyl sites for hydroxylation is 2. The van der Waals surface area contributed by atoms with E-state index in [1.54, 1.807) is 6.92 Å². The predicted octanol–water partition coefficient (Wildman–Crippen LogP) is 6.33. The molecule has 3 N–H and O–H groups in total. The van der Waals surface area contributed by atoms with Crippen LogP contribution in [0, 0.1) is 30.2 Å². The number of pyridine rings is 1. The lowest BCUT2D eigenvalue weighted by molar-refractivity contribution is -0.338. The Hall–Kier alpha value is -4.92. The van der Waals surface area contributed by atoms with Crippen LogP contribution in [0.5, 0.6) is 0 Å². The van der Waals surface area contributed by atoms with E-state index >= 15 is 8.78 Å². The molecule has 56 heavy (non-hydrogen) atoms. The van der Waals surface area contributed by atoms with Gasteiger partial charge in [0.2, 0.25) is 5.72 Å². The van der Waals surface area contributed by atoms with E-state index in [4.69, 9.17) is 27.9 Å². The second-order valence-corrected chi connectivity index (χ2v) is 13.6. The minimum Gasteiger partial charge on any atom is -0.394 e. The van der Waals surface area contributed by atoms with Crippen molar-refractivity contribution in [2.75, 3.05) is 6.61 Å². The van der Waals surface area contributed by atoms with E-state index < -0.39 is 98.9 Å². The maximum atomic E-state index is 15.3. The molecule has 0 spiro atoms. The van der Waals surface area contributed by atoms with Crippen LogP contribution >= 0.6 is 23.2 Å². The van der Waals surface area contributed by atoms with Crippen molar-refractivity contribution in [3.63, 3.8) is 0 Å². The number of hydrogen-bond acceptors (Lipinski definition) is 9. The Balaban J connectivity index is 1.57. The van der Waals surface area contributed by atoms with Gasteiger partial charge in [0.1, 0.15) is 11.9 Å². The predicted molar refractivity (Wildman–Crippen MR) is 183 cm³/mol. The van der Waals surface area contributed by atoms with Gasteiger partial charge in [0.25, 0.3) is 5.72 Å². The zero-order valence-corrected chi connectivity index (χ0v) is 30.3. The Morgan fingerprint density at radius 1 is 0.893 bits per heavy atom. The highest BCUT2D eigenvalue weighted by Gasteiger charge is 2.66. The van der Waals surface area contributed by atoms with Crippen LogP contribution in [0.4, 0.5) is 30.7 Å². The van der Waals surface area contributed by atoms with E-state index in [1.165, 1.54) is 6.92 Å². The topological polar surface area (TPSA) is 149 Å². The number of aliphatic hydroxyl groups is 3. The summed E-state index contributed by atoms with van der Waals surface area (Å²) in [5.74, 6) is -6.45. The molecule has 1 fully saturated rings. The average Bonchev–Trinajstić information content (AvgIpc) is 3.94. The van der Waals surface area contributed by atoms with Crippen LogP contribution in [0.25, 0.3) is 27.9 Å². The molecule has 0 amide bonds. The summed E-state index contributed by atoms with van der Waals surface area (Å²) in [7, 11) is 0. The molecule has 0 saturated carbocycles. The number of hydrogen-bond donors (Lipinski definition) is 3. The molecule has 4 atom stereocenters. The molecule has 12 nitrogen and oxygen atoms in total. The van der Waals surface area contributed by atoms with Gasteiger partial charge in [0.15, 0.2) is 34.8 Å². The van der Waals surface area contributed by atoms with Crippen LogP contribution in [0.1, 0.15) is 36.3 Å². The van der Waals surface area contributed by atoms with E-state index in [-0.39, 0.29) is 28.9 Å². The second-order valence-electron chi connectivity index (χ2n) is 12.8. The summed E-state index contributed by atoms with van der Waals surface area (Å²) in [6, 6.07) is 5.50. The third kappa shape index (κ3) is 6.22. The lowest BCUT2D eigenvalue weighted by Crippen LogP contribution is -2.68.